The molecular weight excluding hydrogens is 374 g/mol. The average molecular weight is 395 g/mol. The lowest BCUT2D eigenvalue weighted by Gasteiger charge is -2.22. The molecule has 1 amide bonds. The van der Waals surface area contributed by atoms with E-state index in [-0.39, 0.29) is 5.91 Å². The van der Waals surface area contributed by atoms with Gasteiger partial charge >= 0.3 is 0 Å². The Morgan fingerprint density at radius 3 is 2.61 bits per heavy atom. The third-order valence-corrected chi connectivity index (χ3v) is 6.45. The molecule has 8 nitrogen and oxygen atoms in total. The molecule has 0 aromatic carbocycles. The number of thiazole rings is 1. The second-order valence-corrected chi connectivity index (χ2v) is 8.75. The van der Waals surface area contributed by atoms with Crippen LogP contribution in [0.5, 0.6) is 0 Å². The van der Waals surface area contributed by atoms with Gasteiger partial charge in [-0.1, -0.05) is 0 Å². The summed E-state index contributed by atoms with van der Waals surface area (Å²) in [6.45, 7) is 5.47. The van der Waals surface area contributed by atoms with Crippen molar-refractivity contribution in [3.63, 3.8) is 0 Å². The standard InChI is InChI=1S/C19H21N7OS/c1-13-20-7-16(28-13)5-19(27)25-10-14-8-24(9-15(14)11-25)17-6-18(22-12-21-17)26-4-2-3-23-26/h2-4,6-7,12,14-15H,5,8-11H2,1H3. The first-order chi connectivity index (χ1) is 13.7. The first kappa shape index (κ1) is 17.3. The number of nitrogens with zero attached hydrogens (tertiary/aromatic N) is 7. The summed E-state index contributed by atoms with van der Waals surface area (Å²) in [5, 5.41) is 5.25. The van der Waals surface area contributed by atoms with Crippen molar-refractivity contribution in [2.45, 2.75) is 13.3 Å². The monoisotopic (exact) mass is 395 g/mol. The van der Waals surface area contributed by atoms with Gasteiger partial charge in [0, 0.05) is 67.5 Å². The molecule has 0 radical (unpaired) electrons. The zero-order valence-corrected chi connectivity index (χ0v) is 16.4. The van der Waals surface area contributed by atoms with E-state index < -0.39 is 0 Å². The largest absolute Gasteiger partial charge is 0.356 e. The molecule has 28 heavy (non-hydrogen) atoms. The summed E-state index contributed by atoms with van der Waals surface area (Å²) in [7, 11) is 0. The maximum absolute atomic E-state index is 12.6. The van der Waals surface area contributed by atoms with Crippen LogP contribution in [0.4, 0.5) is 5.82 Å². The molecule has 2 atom stereocenters. The lowest BCUT2D eigenvalue weighted by atomic mass is 10.0. The van der Waals surface area contributed by atoms with E-state index in [1.165, 1.54) is 0 Å². The zero-order valence-electron chi connectivity index (χ0n) is 15.6. The Labute approximate surface area is 166 Å². The molecule has 3 aromatic heterocycles. The van der Waals surface area contributed by atoms with Crippen LogP contribution in [0.15, 0.2) is 37.1 Å². The number of aryl methyl sites for hydroxylation is 1. The fraction of sp³-hybridized carbons (Fsp3) is 0.421. The molecule has 3 aromatic rings. The lowest BCUT2D eigenvalue weighted by molar-refractivity contribution is -0.129. The highest BCUT2D eigenvalue weighted by Gasteiger charge is 2.42. The smallest absolute Gasteiger partial charge is 0.227 e. The van der Waals surface area contributed by atoms with E-state index in [0.717, 1.165) is 47.7 Å². The number of fused-ring (bicyclic) bond motifs is 1. The highest BCUT2D eigenvalue weighted by atomic mass is 32.1. The van der Waals surface area contributed by atoms with Gasteiger partial charge in [0.1, 0.15) is 12.1 Å². The summed E-state index contributed by atoms with van der Waals surface area (Å²) in [4.78, 5) is 31.0. The first-order valence-corrected chi connectivity index (χ1v) is 10.2. The number of aromatic nitrogens is 5. The highest BCUT2D eigenvalue weighted by molar-refractivity contribution is 7.11. The van der Waals surface area contributed by atoms with Crippen molar-refractivity contribution in [1.82, 2.24) is 29.6 Å². The van der Waals surface area contributed by atoms with Crippen LogP contribution in [0, 0.1) is 18.8 Å². The van der Waals surface area contributed by atoms with Crippen molar-refractivity contribution in [2.75, 3.05) is 31.1 Å². The van der Waals surface area contributed by atoms with Gasteiger partial charge in [0.15, 0.2) is 5.82 Å². The summed E-state index contributed by atoms with van der Waals surface area (Å²) < 4.78 is 1.74. The van der Waals surface area contributed by atoms with Crippen LogP contribution in [0.2, 0.25) is 0 Å². The van der Waals surface area contributed by atoms with Crippen LogP contribution in [-0.4, -0.2) is 61.7 Å². The summed E-state index contributed by atoms with van der Waals surface area (Å²) in [6.07, 6.45) is 7.49. The molecule has 9 heteroatoms. The quantitative estimate of drug-likeness (QED) is 0.667. The van der Waals surface area contributed by atoms with Gasteiger partial charge in [0.2, 0.25) is 5.91 Å². The molecule has 0 N–H and O–H groups in total. The second kappa shape index (κ2) is 6.97. The maximum Gasteiger partial charge on any atom is 0.227 e. The minimum Gasteiger partial charge on any atom is -0.356 e. The van der Waals surface area contributed by atoms with Crippen molar-refractivity contribution in [2.24, 2.45) is 11.8 Å². The van der Waals surface area contributed by atoms with Crippen LogP contribution in [0.3, 0.4) is 0 Å². The van der Waals surface area contributed by atoms with Gasteiger partial charge in [-0.05, 0) is 13.0 Å². The third kappa shape index (κ3) is 3.26. The molecular formula is C19H21N7OS. The van der Waals surface area contributed by atoms with Gasteiger partial charge in [-0.25, -0.2) is 19.6 Å². The second-order valence-electron chi connectivity index (χ2n) is 7.43. The Kier molecular flexibility index (Phi) is 4.31. The first-order valence-electron chi connectivity index (χ1n) is 9.42. The number of anilines is 1. The summed E-state index contributed by atoms with van der Waals surface area (Å²) in [5.74, 6) is 2.90. The normalized spacial score (nSPS) is 21.3. The van der Waals surface area contributed by atoms with Gasteiger partial charge in [0.05, 0.1) is 11.4 Å². The number of carbonyl (C=O) groups is 1. The van der Waals surface area contributed by atoms with E-state index in [4.69, 9.17) is 0 Å². The van der Waals surface area contributed by atoms with Gasteiger partial charge < -0.3 is 9.80 Å². The molecule has 0 spiro atoms. The van der Waals surface area contributed by atoms with Crippen molar-refractivity contribution < 1.29 is 4.79 Å². The van der Waals surface area contributed by atoms with Crippen molar-refractivity contribution in [3.8, 4) is 5.82 Å². The Morgan fingerprint density at radius 2 is 1.93 bits per heavy atom. The SMILES string of the molecule is Cc1ncc(CC(=O)N2CC3CN(c4cc(-n5cccn5)ncn4)CC3C2)s1. The molecule has 2 unspecified atom stereocenters. The van der Waals surface area contributed by atoms with Crippen molar-refractivity contribution >= 4 is 23.1 Å². The van der Waals surface area contributed by atoms with Crippen LogP contribution < -0.4 is 4.90 Å². The molecule has 5 heterocycles. The molecule has 5 rings (SSSR count). The predicted octanol–water partition coefficient (Wildman–Crippen LogP) is 1.56. The topological polar surface area (TPSA) is 80.0 Å². The minimum atomic E-state index is 0.215. The van der Waals surface area contributed by atoms with Gasteiger partial charge in [-0.2, -0.15) is 5.10 Å². The Morgan fingerprint density at radius 1 is 1.14 bits per heavy atom. The summed E-state index contributed by atoms with van der Waals surface area (Å²) >= 11 is 1.61. The number of hydrogen-bond acceptors (Lipinski definition) is 7. The highest BCUT2D eigenvalue weighted by Crippen LogP contribution is 2.34. The van der Waals surface area contributed by atoms with E-state index in [2.05, 4.69) is 25.0 Å². The van der Waals surface area contributed by atoms with Gasteiger partial charge in [0.25, 0.3) is 0 Å². The third-order valence-electron chi connectivity index (χ3n) is 5.53. The van der Waals surface area contributed by atoms with Crippen LogP contribution in [-0.2, 0) is 11.2 Å². The molecule has 0 bridgehead atoms. The average Bonchev–Trinajstić information content (AvgIpc) is 3.46. The minimum absolute atomic E-state index is 0.215. The van der Waals surface area contributed by atoms with E-state index in [9.17, 15) is 4.79 Å². The molecule has 144 valence electrons. The van der Waals surface area contributed by atoms with Crippen molar-refractivity contribution in [3.05, 3.63) is 46.9 Å². The number of amides is 1. The molecule has 0 aliphatic carbocycles. The molecule has 2 saturated heterocycles. The summed E-state index contributed by atoms with van der Waals surface area (Å²) in [6, 6.07) is 3.85. The van der Waals surface area contributed by atoms with Crippen LogP contribution >= 0.6 is 11.3 Å². The number of likely N-dealkylation sites (tertiary alicyclic amines) is 1. The van der Waals surface area contributed by atoms with E-state index in [1.54, 1.807) is 28.5 Å². The Bertz CT molecular complexity index is 972. The number of rotatable bonds is 4. The number of carbonyl (C=O) groups excluding carboxylic acids is 1. The van der Waals surface area contributed by atoms with Crippen molar-refractivity contribution in [1.29, 1.82) is 0 Å². The van der Waals surface area contributed by atoms with E-state index in [0.29, 0.717) is 18.3 Å². The predicted molar refractivity (Wildman–Crippen MR) is 105 cm³/mol. The van der Waals surface area contributed by atoms with E-state index in [1.807, 2.05) is 36.4 Å². The lowest BCUT2D eigenvalue weighted by Crippen LogP contribution is -2.34. The molecule has 2 fully saturated rings. The molecule has 2 aliphatic heterocycles. The summed E-state index contributed by atoms with van der Waals surface area (Å²) in [5.41, 5.74) is 0. The number of hydrogen-bond donors (Lipinski definition) is 0. The fourth-order valence-electron chi connectivity index (χ4n) is 4.17. The Balaban J connectivity index is 1.23. The fourth-order valence-corrected chi connectivity index (χ4v) is 4.96. The van der Waals surface area contributed by atoms with Crippen LogP contribution in [0.25, 0.3) is 5.82 Å². The molecule has 2 aliphatic rings. The van der Waals surface area contributed by atoms with E-state index >= 15 is 0 Å². The van der Waals surface area contributed by atoms with Gasteiger partial charge in [-0.3, -0.25) is 4.79 Å². The van der Waals surface area contributed by atoms with Crippen LogP contribution in [0.1, 0.15) is 9.88 Å². The zero-order chi connectivity index (χ0) is 19.1. The molecule has 0 saturated carbocycles. The Hall–Kier alpha value is -2.81. The van der Waals surface area contributed by atoms with Gasteiger partial charge in [-0.15, -0.1) is 11.3 Å². The maximum atomic E-state index is 12.6.